The highest BCUT2D eigenvalue weighted by molar-refractivity contribution is 7.91. The number of ether oxygens (including phenoxy) is 2. The van der Waals surface area contributed by atoms with E-state index < -0.39 is 39.2 Å². The summed E-state index contributed by atoms with van der Waals surface area (Å²) in [7, 11) is -0.546. The van der Waals surface area contributed by atoms with Gasteiger partial charge in [0.15, 0.2) is 9.84 Å². The lowest BCUT2D eigenvalue weighted by atomic mass is 9.75. The molecule has 0 bridgehead atoms. The Bertz CT molecular complexity index is 893. The first-order valence-electron chi connectivity index (χ1n) is 11.0. The normalized spacial score (nSPS) is 15.0. The Labute approximate surface area is 197 Å². The number of rotatable bonds is 15. The van der Waals surface area contributed by atoms with E-state index >= 15 is 0 Å². The number of benzene rings is 1. The second kappa shape index (κ2) is 12.5. The van der Waals surface area contributed by atoms with Crippen LogP contribution in [0.2, 0.25) is 0 Å². The van der Waals surface area contributed by atoms with E-state index in [1.807, 2.05) is 19.9 Å². The number of carboxylic acid groups (broad SMARTS) is 1. The standard InChI is InChI=1S/C24H38O8S/c1-23(2,17-33(29,30)13-12-25)10-7-11-24(3,22(27)28)20-9-6-8-18(15-20)14-19(16-31-4)21(26)32-5/h6,8-9,15,19,25H,7,10-14,16-17H2,1-5H3,(H,27,28)/t19?,24-/m1/s1. The Balaban J connectivity index is 3.00. The molecule has 0 spiro atoms. The molecular weight excluding hydrogens is 448 g/mol. The highest BCUT2D eigenvalue weighted by Crippen LogP contribution is 2.34. The van der Waals surface area contributed by atoms with Gasteiger partial charge in [0.05, 0.1) is 43.2 Å². The van der Waals surface area contributed by atoms with Crippen LogP contribution in [0.1, 0.15) is 51.2 Å². The number of aliphatic hydroxyl groups is 1. The van der Waals surface area contributed by atoms with Crippen molar-refractivity contribution in [3.8, 4) is 0 Å². The lowest BCUT2D eigenvalue weighted by molar-refractivity contribution is -0.147. The fourth-order valence-corrected chi connectivity index (χ4v) is 5.84. The van der Waals surface area contributed by atoms with Crippen molar-refractivity contribution >= 4 is 21.8 Å². The van der Waals surface area contributed by atoms with Crippen LogP contribution in [0.5, 0.6) is 0 Å². The number of carbonyl (C=O) groups is 2. The zero-order valence-corrected chi connectivity index (χ0v) is 21.1. The molecule has 0 saturated heterocycles. The zero-order valence-electron chi connectivity index (χ0n) is 20.3. The van der Waals surface area contributed by atoms with Crippen LogP contribution >= 0.6 is 0 Å². The zero-order chi connectivity index (χ0) is 25.3. The van der Waals surface area contributed by atoms with E-state index in [9.17, 15) is 23.1 Å². The molecule has 0 aliphatic rings. The maximum absolute atomic E-state index is 12.3. The Morgan fingerprint density at radius 3 is 2.33 bits per heavy atom. The summed E-state index contributed by atoms with van der Waals surface area (Å²) >= 11 is 0. The lowest BCUT2D eigenvalue weighted by Crippen LogP contribution is -2.33. The number of hydrogen-bond donors (Lipinski definition) is 2. The summed E-state index contributed by atoms with van der Waals surface area (Å²) in [4.78, 5) is 24.3. The average Bonchev–Trinajstić information content (AvgIpc) is 2.71. The monoisotopic (exact) mass is 486 g/mol. The SMILES string of the molecule is COCC(Cc1cccc([C@@](C)(CCCC(C)(C)CS(=O)(=O)CCO)C(=O)O)c1)C(=O)OC. The van der Waals surface area contributed by atoms with Crippen molar-refractivity contribution < 1.29 is 37.7 Å². The molecule has 0 fully saturated rings. The number of aliphatic hydroxyl groups excluding tert-OH is 1. The molecule has 0 aliphatic carbocycles. The van der Waals surface area contributed by atoms with E-state index in [-0.39, 0.29) is 24.1 Å². The molecule has 1 unspecified atom stereocenters. The molecule has 8 nitrogen and oxygen atoms in total. The minimum absolute atomic E-state index is 0.0613. The Kier molecular flexibility index (Phi) is 11.0. The molecule has 1 aromatic carbocycles. The minimum Gasteiger partial charge on any atom is -0.481 e. The Morgan fingerprint density at radius 2 is 1.79 bits per heavy atom. The first-order chi connectivity index (χ1) is 15.3. The number of hydrogen-bond acceptors (Lipinski definition) is 7. The summed E-state index contributed by atoms with van der Waals surface area (Å²) in [6.45, 7) is 5.12. The quantitative estimate of drug-likeness (QED) is 0.362. The van der Waals surface area contributed by atoms with E-state index in [1.54, 1.807) is 25.1 Å². The molecule has 1 aromatic rings. The molecule has 0 aliphatic heterocycles. The number of aliphatic carboxylic acids is 1. The van der Waals surface area contributed by atoms with Crippen LogP contribution in [0.15, 0.2) is 24.3 Å². The number of carbonyl (C=O) groups excluding carboxylic acids is 1. The largest absolute Gasteiger partial charge is 0.481 e. The van der Waals surface area contributed by atoms with Gasteiger partial charge < -0.3 is 19.7 Å². The summed E-state index contributed by atoms with van der Waals surface area (Å²) in [5.41, 5.74) is -0.275. The maximum Gasteiger partial charge on any atom is 0.313 e. The molecule has 9 heteroatoms. The third-order valence-corrected chi connectivity index (χ3v) is 7.99. The Morgan fingerprint density at radius 1 is 1.12 bits per heavy atom. The van der Waals surface area contributed by atoms with Gasteiger partial charge in [-0.3, -0.25) is 9.59 Å². The van der Waals surface area contributed by atoms with E-state index in [1.165, 1.54) is 14.2 Å². The van der Waals surface area contributed by atoms with Crippen molar-refractivity contribution in [2.45, 2.75) is 51.9 Å². The number of sulfone groups is 1. The van der Waals surface area contributed by atoms with Gasteiger partial charge in [-0.05, 0) is 42.7 Å². The van der Waals surface area contributed by atoms with E-state index in [0.717, 1.165) is 5.56 Å². The molecule has 33 heavy (non-hydrogen) atoms. The van der Waals surface area contributed by atoms with Crippen LogP contribution in [-0.4, -0.2) is 69.5 Å². The predicted molar refractivity (Wildman–Crippen MR) is 126 cm³/mol. The van der Waals surface area contributed by atoms with Crippen LogP contribution in [0.25, 0.3) is 0 Å². The van der Waals surface area contributed by atoms with E-state index in [2.05, 4.69) is 0 Å². The fourth-order valence-electron chi connectivity index (χ4n) is 4.08. The fraction of sp³-hybridized carbons (Fsp3) is 0.667. The predicted octanol–water partition coefficient (Wildman–Crippen LogP) is 2.61. The van der Waals surface area contributed by atoms with Crippen molar-refractivity contribution in [3.05, 3.63) is 35.4 Å². The molecule has 2 atom stereocenters. The van der Waals surface area contributed by atoms with Gasteiger partial charge >= 0.3 is 11.9 Å². The average molecular weight is 487 g/mol. The smallest absolute Gasteiger partial charge is 0.313 e. The molecule has 2 N–H and O–H groups in total. The van der Waals surface area contributed by atoms with E-state index in [0.29, 0.717) is 31.2 Å². The highest BCUT2D eigenvalue weighted by atomic mass is 32.2. The molecule has 0 aromatic heterocycles. The highest BCUT2D eigenvalue weighted by Gasteiger charge is 2.36. The van der Waals surface area contributed by atoms with Gasteiger partial charge in [0, 0.05) is 7.11 Å². The van der Waals surface area contributed by atoms with Gasteiger partial charge in [-0.25, -0.2) is 8.42 Å². The topological polar surface area (TPSA) is 127 Å². The number of carboxylic acids is 1. The van der Waals surface area contributed by atoms with Crippen molar-refractivity contribution in [1.82, 2.24) is 0 Å². The van der Waals surface area contributed by atoms with Gasteiger partial charge in [0.1, 0.15) is 0 Å². The minimum atomic E-state index is -3.37. The van der Waals surface area contributed by atoms with Crippen LogP contribution < -0.4 is 0 Å². The maximum atomic E-state index is 12.3. The summed E-state index contributed by atoms with van der Waals surface area (Å²) in [5.74, 6) is -2.18. The van der Waals surface area contributed by atoms with Crippen LogP contribution in [-0.2, 0) is 40.7 Å². The van der Waals surface area contributed by atoms with Crippen LogP contribution in [0.4, 0.5) is 0 Å². The summed E-state index contributed by atoms with van der Waals surface area (Å²) in [6.07, 6.45) is 1.73. The van der Waals surface area contributed by atoms with Gasteiger partial charge in [0.25, 0.3) is 0 Å². The molecule has 0 amide bonds. The second-order valence-corrected chi connectivity index (χ2v) is 11.7. The van der Waals surface area contributed by atoms with Gasteiger partial charge in [-0.1, -0.05) is 44.5 Å². The Hall–Kier alpha value is -1.97. The van der Waals surface area contributed by atoms with Crippen molar-refractivity contribution in [2.75, 3.05) is 38.9 Å². The van der Waals surface area contributed by atoms with Gasteiger partial charge in [-0.15, -0.1) is 0 Å². The molecule has 0 radical (unpaired) electrons. The number of esters is 1. The summed E-state index contributed by atoms with van der Waals surface area (Å²) in [5, 5.41) is 19.0. The van der Waals surface area contributed by atoms with Crippen molar-refractivity contribution in [2.24, 2.45) is 11.3 Å². The number of methoxy groups -OCH3 is 2. The third-order valence-electron chi connectivity index (χ3n) is 5.96. The third kappa shape index (κ3) is 9.06. The van der Waals surface area contributed by atoms with Crippen molar-refractivity contribution in [3.63, 3.8) is 0 Å². The first kappa shape index (κ1) is 29.1. The van der Waals surface area contributed by atoms with Crippen molar-refractivity contribution in [1.29, 1.82) is 0 Å². The first-order valence-corrected chi connectivity index (χ1v) is 12.8. The van der Waals surface area contributed by atoms with Crippen LogP contribution in [0, 0.1) is 11.3 Å². The second-order valence-electron chi connectivity index (χ2n) is 9.55. The molecular formula is C24H38O8S. The molecule has 1 rings (SSSR count). The summed E-state index contributed by atoms with van der Waals surface area (Å²) < 4.78 is 34.1. The van der Waals surface area contributed by atoms with Gasteiger partial charge in [0.2, 0.25) is 0 Å². The lowest BCUT2D eigenvalue weighted by Gasteiger charge is -2.29. The van der Waals surface area contributed by atoms with Crippen LogP contribution in [0.3, 0.4) is 0 Å². The van der Waals surface area contributed by atoms with Gasteiger partial charge in [-0.2, -0.15) is 0 Å². The molecule has 0 saturated carbocycles. The summed E-state index contributed by atoms with van der Waals surface area (Å²) in [6, 6.07) is 7.18. The molecule has 188 valence electrons. The van der Waals surface area contributed by atoms with E-state index in [4.69, 9.17) is 14.6 Å². The molecule has 0 heterocycles.